The van der Waals surface area contributed by atoms with E-state index in [1.165, 1.54) is 0 Å². The highest BCUT2D eigenvalue weighted by atomic mass is 16.6. The molecule has 0 N–H and O–H groups in total. The van der Waals surface area contributed by atoms with Gasteiger partial charge in [-0.3, -0.25) is 9.59 Å². The monoisotopic (exact) mass is 364 g/mol. The zero-order valence-electron chi connectivity index (χ0n) is 17.6. The van der Waals surface area contributed by atoms with Gasteiger partial charge < -0.3 is 9.47 Å². The summed E-state index contributed by atoms with van der Waals surface area (Å²) in [6.07, 6.45) is 3.92. The lowest BCUT2D eigenvalue weighted by Gasteiger charge is -2.46. The van der Waals surface area contributed by atoms with Crippen LogP contribution in [-0.4, -0.2) is 24.1 Å². The molecule has 0 aromatic rings. The first kappa shape index (κ1) is 19.7. The van der Waals surface area contributed by atoms with Crippen LogP contribution < -0.4 is 0 Å². The van der Waals surface area contributed by atoms with Gasteiger partial charge in [0.05, 0.1) is 11.3 Å². The summed E-state index contributed by atoms with van der Waals surface area (Å²) >= 11 is 0. The minimum absolute atomic E-state index is 0.0102. The van der Waals surface area contributed by atoms with Gasteiger partial charge in [0.25, 0.3) is 0 Å². The Kier molecular flexibility index (Phi) is 4.73. The van der Waals surface area contributed by atoms with Gasteiger partial charge in [-0.1, -0.05) is 41.5 Å². The molecular formula is C22H36O4. The predicted molar refractivity (Wildman–Crippen MR) is 100 cm³/mol. The summed E-state index contributed by atoms with van der Waals surface area (Å²) in [5, 5.41) is 0. The van der Waals surface area contributed by atoms with E-state index in [0.29, 0.717) is 5.92 Å². The first-order chi connectivity index (χ1) is 11.8. The summed E-state index contributed by atoms with van der Waals surface area (Å²) in [6.45, 7) is 14.9. The number of rotatable bonds is 3. The zero-order valence-corrected chi connectivity index (χ0v) is 17.6. The maximum absolute atomic E-state index is 13.4. The summed E-state index contributed by atoms with van der Waals surface area (Å²) in [5.41, 5.74) is -0.775. The van der Waals surface area contributed by atoms with E-state index >= 15 is 0 Å². The van der Waals surface area contributed by atoms with Gasteiger partial charge in [0.2, 0.25) is 0 Å². The van der Waals surface area contributed by atoms with Gasteiger partial charge in [0, 0.05) is 5.92 Å². The lowest BCUT2D eigenvalue weighted by molar-refractivity contribution is -0.188. The largest absolute Gasteiger partial charge is 0.458 e. The van der Waals surface area contributed by atoms with Crippen molar-refractivity contribution in [3.8, 4) is 0 Å². The van der Waals surface area contributed by atoms with Crippen molar-refractivity contribution >= 4 is 11.9 Å². The van der Waals surface area contributed by atoms with Gasteiger partial charge in [-0.15, -0.1) is 0 Å². The van der Waals surface area contributed by atoms with E-state index in [1.807, 2.05) is 6.92 Å². The summed E-state index contributed by atoms with van der Waals surface area (Å²) in [5.74, 6) is 0.624. The van der Waals surface area contributed by atoms with Crippen molar-refractivity contribution in [3.05, 3.63) is 0 Å². The number of hydrogen-bond acceptors (Lipinski definition) is 4. The molecule has 0 aromatic heterocycles. The number of esters is 2. The van der Waals surface area contributed by atoms with E-state index in [1.54, 1.807) is 0 Å². The number of hydrogen-bond donors (Lipinski definition) is 0. The van der Waals surface area contributed by atoms with E-state index in [2.05, 4.69) is 41.5 Å². The molecule has 0 spiro atoms. The van der Waals surface area contributed by atoms with Crippen molar-refractivity contribution in [2.45, 2.75) is 92.8 Å². The smallest absolute Gasteiger partial charge is 0.312 e. The molecule has 6 unspecified atom stereocenters. The fraction of sp³-hybridized carbons (Fsp3) is 0.909. The van der Waals surface area contributed by atoms with Crippen LogP contribution in [0.5, 0.6) is 0 Å². The molecule has 0 amide bonds. The molecule has 26 heavy (non-hydrogen) atoms. The molecule has 2 saturated carbocycles. The molecular weight excluding hydrogens is 328 g/mol. The number of carbonyl (C=O) groups is 2. The third kappa shape index (κ3) is 3.53. The van der Waals surface area contributed by atoms with E-state index in [0.717, 1.165) is 32.1 Å². The number of fused-ring (bicyclic) bond motifs is 1. The van der Waals surface area contributed by atoms with Crippen LogP contribution in [0.25, 0.3) is 0 Å². The molecule has 4 bridgehead atoms. The van der Waals surface area contributed by atoms with Crippen molar-refractivity contribution in [1.29, 1.82) is 0 Å². The Morgan fingerprint density at radius 2 is 1.69 bits per heavy atom. The normalized spacial score (nSPS) is 36.3. The molecule has 2 aliphatic heterocycles. The van der Waals surface area contributed by atoms with Crippen molar-refractivity contribution in [1.82, 2.24) is 0 Å². The van der Waals surface area contributed by atoms with Crippen LogP contribution in [-0.2, 0) is 19.1 Å². The SMILES string of the molecule is CC(C)(C)CC(C)(C(=O)OC1C2CC3CC(C2)C(=O)OC1C3)C(C)(C)C. The van der Waals surface area contributed by atoms with Gasteiger partial charge >= 0.3 is 11.9 Å². The second-order valence-corrected chi connectivity index (χ2v) is 11.4. The van der Waals surface area contributed by atoms with Crippen LogP contribution in [0.3, 0.4) is 0 Å². The van der Waals surface area contributed by atoms with Crippen molar-refractivity contribution in [2.75, 3.05) is 0 Å². The average molecular weight is 365 g/mol. The Bertz CT molecular complexity index is 582. The van der Waals surface area contributed by atoms with Crippen LogP contribution >= 0.6 is 0 Å². The standard InChI is InChI=1S/C22H36O4/c1-20(2,3)12-22(7,21(4,5)6)19(24)26-17-14-8-13-9-15(11-14)18(23)25-16(17)10-13/h13-17H,8-12H2,1-7H3. The lowest BCUT2D eigenvalue weighted by atomic mass is 9.61. The van der Waals surface area contributed by atoms with Gasteiger partial charge in [-0.05, 0) is 55.8 Å². The third-order valence-electron chi connectivity index (χ3n) is 7.07. The van der Waals surface area contributed by atoms with E-state index in [-0.39, 0.29) is 46.8 Å². The minimum Gasteiger partial charge on any atom is -0.458 e. The molecule has 0 radical (unpaired) electrons. The Labute approximate surface area is 158 Å². The summed E-state index contributed by atoms with van der Waals surface area (Å²) in [7, 11) is 0. The molecule has 6 atom stereocenters. The fourth-order valence-electron chi connectivity index (χ4n) is 5.39. The fourth-order valence-corrected chi connectivity index (χ4v) is 5.39. The van der Waals surface area contributed by atoms with E-state index < -0.39 is 5.41 Å². The van der Waals surface area contributed by atoms with Crippen LogP contribution in [0.4, 0.5) is 0 Å². The lowest BCUT2D eigenvalue weighted by Crippen LogP contribution is -2.50. The molecule has 4 rings (SSSR count). The van der Waals surface area contributed by atoms with Crippen molar-refractivity contribution in [3.63, 3.8) is 0 Å². The van der Waals surface area contributed by atoms with Crippen LogP contribution in [0, 0.1) is 34.0 Å². The molecule has 4 fully saturated rings. The quantitative estimate of drug-likeness (QED) is 0.678. The Morgan fingerprint density at radius 3 is 2.27 bits per heavy atom. The molecule has 2 aliphatic carbocycles. The van der Waals surface area contributed by atoms with Crippen molar-refractivity contribution < 1.29 is 19.1 Å². The predicted octanol–water partition coefficient (Wildman–Crippen LogP) is 4.75. The first-order valence-corrected chi connectivity index (χ1v) is 10.2. The topological polar surface area (TPSA) is 52.6 Å². The van der Waals surface area contributed by atoms with E-state index in [9.17, 15) is 9.59 Å². The highest BCUT2D eigenvalue weighted by Gasteiger charge is 2.54. The third-order valence-corrected chi connectivity index (χ3v) is 7.07. The van der Waals surface area contributed by atoms with E-state index in [4.69, 9.17) is 9.47 Å². The Hall–Kier alpha value is -1.06. The second-order valence-electron chi connectivity index (χ2n) is 11.4. The maximum Gasteiger partial charge on any atom is 0.312 e. The molecule has 4 nitrogen and oxygen atoms in total. The molecule has 4 heteroatoms. The molecule has 0 aromatic carbocycles. The molecule has 148 valence electrons. The molecule has 4 aliphatic rings. The Morgan fingerprint density at radius 1 is 1.04 bits per heavy atom. The van der Waals surface area contributed by atoms with Crippen LogP contribution in [0.15, 0.2) is 0 Å². The Balaban J connectivity index is 1.82. The minimum atomic E-state index is -0.585. The van der Waals surface area contributed by atoms with Crippen LogP contribution in [0.1, 0.15) is 80.6 Å². The average Bonchev–Trinajstić information content (AvgIpc) is 2.62. The summed E-state index contributed by atoms with van der Waals surface area (Å²) < 4.78 is 11.9. The summed E-state index contributed by atoms with van der Waals surface area (Å²) in [4.78, 5) is 25.7. The second kappa shape index (κ2) is 6.24. The number of ether oxygens (including phenoxy) is 2. The molecule has 2 saturated heterocycles. The van der Waals surface area contributed by atoms with Gasteiger partial charge in [-0.2, -0.15) is 0 Å². The number of carbonyl (C=O) groups excluding carboxylic acids is 2. The van der Waals surface area contributed by atoms with Gasteiger partial charge in [-0.25, -0.2) is 0 Å². The zero-order chi connectivity index (χ0) is 19.5. The summed E-state index contributed by atoms with van der Waals surface area (Å²) in [6, 6.07) is 0. The maximum atomic E-state index is 13.4. The van der Waals surface area contributed by atoms with Crippen LogP contribution in [0.2, 0.25) is 0 Å². The van der Waals surface area contributed by atoms with Gasteiger partial charge in [0.15, 0.2) is 0 Å². The highest BCUT2D eigenvalue weighted by Crippen LogP contribution is 2.51. The first-order valence-electron chi connectivity index (χ1n) is 10.2. The highest BCUT2D eigenvalue weighted by molar-refractivity contribution is 5.78. The van der Waals surface area contributed by atoms with Gasteiger partial charge in [0.1, 0.15) is 12.2 Å². The molecule has 2 heterocycles. The van der Waals surface area contributed by atoms with Crippen molar-refractivity contribution in [2.24, 2.45) is 34.0 Å².